The molecule has 0 N–H and O–H groups in total. The molecule has 2 rings (SSSR count). The molecule has 0 atom stereocenters. The predicted octanol–water partition coefficient (Wildman–Crippen LogP) is 2.98. The van der Waals surface area contributed by atoms with Gasteiger partial charge in [0, 0.05) is 0 Å². The van der Waals surface area contributed by atoms with Crippen molar-refractivity contribution in [3.63, 3.8) is 0 Å². The van der Waals surface area contributed by atoms with Crippen LogP contribution >= 0.6 is 0 Å². The predicted molar refractivity (Wildman–Crippen MR) is 46.7 cm³/mol. The van der Waals surface area contributed by atoms with Crippen molar-refractivity contribution < 1.29 is 0 Å². The van der Waals surface area contributed by atoms with E-state index in [9.17, 15) is 0 Å². The second-order valence-corrected chi connectivity index (χ2v) is 3.53. The Morgan fingerprint density at radius 2 is 2.00 bits per heavy atom. The van der Waals surface area contributed by atoms with Crippen LogP contribution in [0.4, 0.5) is 0 Å². The van der Waals surface area contributed by atoms with Crippen molar-refractivity contribution in [1.82, 2.24) is 0 Å². The lowest BCUT2D eigenvalue weighted by atomic mass is 10.0. The van der Waals surface area contributed by atoms with Gasteiger partial charge in [0.05, 0.1) is 0 Å². The lowest BCUT2D eigenvalue weighted by Gasteiger charge is -2.01. The van der Waals surface area contributed by atoms with E-state index >= 15 is 0 Å². The molecule has 0 heterocycles. The molecule has 1 aromatic carbocycles. The van der Waals surface area contributed by atoms with Crippen molar-refractivity contribution >= 4 is 0 Å². The molecule has 0 saturated heterocycles. The van der Waals surface area contributed by atoms with Crippen LogP contribution in [0.5, 0.6) is 0 Å². The van der Waals surface area contributed by atoms with E-state index in [1.807, 2.05) is 0 Å². The lowest BCUT2D eigenvalue weighted by molar-refractivity contribution is 1.11. The van der Waals surface area contributed by atoms with Crippen LogP contribution < -0.4 is 0 Å². The summed E-state index contributed by atoms with van der Waals surface area (Å²) in [7, 11) is 0. The molecule has 1 aromatic rings. The lowest BCUT2D eigenvalue weighted by Crippen LogP contribution is -1.84. The maximum Gasteiger partial charge on any atom is -0.0143 e. The maximum atomic E-state index is 3.34. The Morgan fingerprint density at radius 3 is 2.55 bits per heavy atom. The standard InChI is InChI=1S/C11H13/c1-8-3-4-11(7-9(8)2)10-5-6-10/h3,7,10H,5-6H2,1-2H3. The van der Waals surface area contributed by atoms with E-state index in [0.717, 1.165) is 5.92 Å². The van der Waals surface area contributed by atoms with Crippen LogP contribution in [0.3, 0.4) is 0 Å². The molecule has 0 amide bonds. The monoisotopic (exact) mass is 145 g/mol. The van der Waals surface area contributed by atoms with Gasteiger partial charge in [0.1, 0.15) is 0 Å². The first-order valence-electron chi connectivity index (χ1n) is 4.26. The maximum absolute atomic E-state index is 3.34. The van der Waals surface area contributed by atoms with Gasteiger partial charge < -0.3 is 0 Å². The van der Waals surface area contributed by atoms with E-state index in [2.05, 4.69) is 32.0 Å². The number of benzene rings is 1. The fourth-order valence-corrected chi connectivity index (χ4v) is 1.32. The van der Waals surface area contributed by atoms with Crippen molar-refractivity contribution in [1.29, 1.82) is 0 Å². The van der Waals surface area contributed by atoms with Crippen molar-refractivity contribution in [2.75, 3.05) is 0 Å². The van der Waals surface area contributed by atoms with Gasteiger partial charge in [-0.25, -0.2) is 0 Å². The fraction of sp³-hybridized carbons (Fsp3) is 0.455. The number of rotatable bonds is 1. The summed E-state index contributed by atoms with van der Waals surface area (Å²) in [5.74, 6) is 0.842. The average Bonchev–Trinajstić information content (AvgIpc) is 2.77. The Labute approximate surface area is 68.3 Å². The number of hydrogen-bond donors (Lipinski definition) is 0. The van der Waals surface area contributed by atoms with Gasteiger partial charge in [-0.1, -0.05) is 12.1 Å². The molecule has 1 saturated carbocycles. The Morgan fingerprint density at radius 1 is 1.27 bits per heavy atom. The van der Waals surface area contributed by atoms with Gasteiger partial charge in [0.25, 0.3) is 0 Å². The van der Waals surface area contributed by atoms with E-state index < -0.39 is 0 Å². The molecule has 57 valence electrons. The van der Waals surface area contributed by atoms with Crippen LogP contribution in [-0.4, -0.2) is 0 Å². The quantitative estimate of drug-likeness (QED) is 0.570. The van der Waals surface area contributed by atoms with Crippen molar-refractivity contribution in [3.05, 3.63) is 34.9 Å². The minimum Gasteiger partial charge on any atom is -0.0549 e. The summed E-state index contributed by atoms with van der Waals surface area (Å²) in [4.78, 5) is 0. The summed E-state index contributed by atoms with van der Waals surface area (Å²) in [6.07, 6.45) is 2.75. The van der Waals surface area contributed by atoms with E-state index in [1.165, 1.54) is 29.5 Å². The zero-order chi connectivity index (χ0) is 7.84. The summed E-state index contributed by atoms with van der Waals surface area (Å²) in [5, 5.41) is 0. The SMILES string of the molecule is Cc1c[c]c(C2CC2)cc1C. The van der Waals surface area contributed by atoms with Gasteiger partial charge in [0.15, 0.2) is 0 Å². The zero-order valence-corrected chi connectivity index (χ0v) is 7.15. The summed E-state index contributed by atoms with van der Waals surface area (Å²) < 4.78 is 0. The molecule has 0 spiro atoms. The van der Waals surface area contributed by atoms with Crippen molar-refractivity contribution in [3.8, 4) is 0 Å². The highest BCUT2D eigenvalue weighted by Crippen LogP contribution is 2.40. The van der Waals surface area contributed by atoms with Crippen LogP contribution in [0, 0.1) is 19.9 Å². The van der Waals surface area contributed by atoms with Gasteiger partial charge >= 0.3 is 0 Å². The number of hydrogen-bond acceptors (Lipinski definition) is 0. The molecule has 0 aliphatic heterocycles. The van der Waals surface area contributed by atoms with Gasteiger partial charge in [-0.2, -0.15) is 0 Å². The second-order valence-electron chi connectivity index (χ2n) is 3.53. The molecular formula is C11H13. The molecule has 1 aliphatic carbocycles. The third kappa shape index (κ3) is 1.30. The smallest absolute Gasteiger partial charge is 0.0143 e. The molecule has 1 aliphatic rings. The van der Waals surface area contributed by atoms with Crippen LogP contribution in [0.1, 0.15) is 35.4 Å². The van der Waals surface area contributed by atoms with Crippen molar-refractivity contribution in [2.45, 2.75) is 32.6 Å². The third-order valence-corrected chi connectivity index (χ3v) is 2.47. The average molecular weight is 145 g/mol. The highest BCUT2D eigenvalue weighted by atomic mass is 14.3. The van der Waals surface area contributed by atoms with E-state index in [0.29, 0.717) is 0 Å². The van der Waals surface area contributed by atoms with E-state index in [-0.39, 0.29) is 0 Å². The molecule has 0 unspecified atom stereocenters. The van der Waals surface area contributed by atoms with Crippen molar-refractivity contribution in [2.24, 2.45) is 0 Å². The van der Waals surface area contributed by atoms with Crippen LogP contribution in [-0.2, 0) is 0 Å². The topological polar surface area (TPSA) is 0 Å². The third-order valence-electron chi connectivity index (χ3n) is 2.47. The molecule has 1 radical (unpaired) electrons. The Hall–Kier alpha value is -0.780. The molecule has 0 bridgehead atoms. The molecule has 0 aromatic heterocycles. The van der Waals surface area contributed by atoms with Gasteiger partial charge in [-0.3, -0.25) is 0 Å². The summed E-state index contributed by atoms with van der Waals surface area (Å²) >= 11 is 0. The normalized spacial score (nSPS) is 16.9. The number of aryl methyl sites for hydroxylation is 2. The largest absolute Gasteiger partial charge is 0.0549 e. The first-order valence-corrected chi connectivity index (χ1v) is 4.26. The van der Waals surface area contributed by atoms with Gasteiger partial charge in [-0.05, 0) is 55.4 Å². The molecular weight excluding hydrogens is 132 g/mol. The summed E-state index contributed by atoms with van der Waals surface area (Å²) in [6, 6.07) is 7.74. The molecule has 11 heavy (non-hydrogen) atoms. The van der Waals surface area contributed by atoms with E-state index in [4.69, 9.17) is 0 Å². The highest BCUT2D eigenvalue weighted by molar-refractivity contribution is 5.32. The summed E-state index contributed by atoms with van der Waals surface area (Å²) in [6.45, 7) is 4.32. The zero-order valence-electron chi connectivity index (χ0n) is 7.15. The molecule has 1 fully saturated rings. The van der Waals surface area contributed by atoms with Gasteiger partial charge in [0.2, 0.25) is 0 Å². The first kappa shape index (κ1) is 6.90. The summed E-state index contributed by atoms with van der Waals surface area (Å²) in [5.41, 5.74) is 4.19. The Balaban J connectivity index is 2.36. The first-order chi connectivity index (χ1) is 5.27. The Bertz CT molecular complexity index is 269. The van der Waals surface area contributed by atoms with E-state index in [1.54, 1.807) is 0 Å². The van der Waals surface area contributed by atoms with Gasteiger partial charge in [-0.15, -0.1) is 0 Å². The van der Waals surface area contributed by atoms with Crippen LogP contribution in [0.15, 0.2) is 12.1 Å². The highest BCUT2D eigenvalue weighted by Gasteiger charge is 2.23. The molecule has 0 nitrogen and oxygen atoms in total. The molecule has 0 heteroatoms. The minimum absolute atomic E-state index is 0.842. The fourth-order valence-electron chi connectivity index (χ4n) is 1.32. The van der Waals surface area contributed by atoms with Crippen LogP contribution in [0.25, 0.3) is 0 Å². The second kappa shape index (κ2) is 2.37. The van der Waals surface area contributed by atoms with Crippen LogP contribution in [0.2, 0.25) is 0 Å². The minimum atomic E-state index is 0.842. The Kier molecular flexibility index (Phi) is 1.49.